The Bertz CT molecular complexity index is 2110. The van der Waals surface area contributed by atoms with Crippen LogP contribution in [-0.4, -0.2) is 95.6 Å². The molecule has 0 saturated heterocycles. The van der Waals surface area contributed by atoms with Crippen LogP contribution in [-0.2, 0) is 0 Å². The van der Waals surface area contributed by atoms with Gasteiger partial charge in [0.05, 0.1) is 0 Å². The van der Waals surface area contributed by atoms with Gasteiger partial charge >= 0.3 is 0 Å². The fourth-order valence-corrected chi connectivity index (χ4v) is 9.84. The number of amides is 4. The van der Waals surface area contributed by atoms with Crippen molar-refractivity contribution in [2.75, 3.05) is 52.4 Å². The molecule has 0 unspecified atom stereocenters. The molecule has 0 aromatic heterocycles. The zero-order valence-corrected chi connectivity index (χ0v) is 35.1. The van der Waals surface area contributed by atoms with Crippen LogP contribution < -0.4 is 0 Å². The van der Waals surface area contributed by atoms with Crippen LogP contribution >= 0.6 is 31.9 Å². The molecule has 0 spiro atoms. The Morgan fingerprint density at radius 1 is 0.444 bits per heavy atom. The van der Waals surface area contributed by atoms with E-state index in [1.807, 2.05) is 36.4 Å². The van der Waals surface area contributed by atoms with Crippen LogP contribution in [0.15, 0.2) is 45.3 Å². The van der Waals surface area contributed by atoms with Crippen LogP contribution in [0.2, 0.25) is 0 Å². The zero-order valence-electron chi connectivity index (χ0n) is 32.0. The van der Waals surface area contributed by atoms with E-state index in [0.29, 0.717) is 59.2 Å². The van der Waals surface area contributed by atoms with Crippen LogP contribution in [0.4, 0.5) is 0 Å². The van der Waals surface area contributed by atoms with Gasteiger partial charge in [-0.05, 0) is 86.9 Å². The van der Waals surface area contributed by atoms with Crippen molar-refractivity contribution in [3.8, 4) is 0 Å². The highest BCUT2D eigenvalue weighted by atomic mass is 79.9. The maximum absolute atomic E-state index is 14.3. The fraction of sp³-hybridized carbons (Fsp3) is 0.455. The minimum Gasteiger partial charge on any atom is -0.302 e. The lowest BCUT2D eigenvalue weighted by Gasteiger charge is -2.32. The topological polar surface area (TPSA) is 81.2 Å². The second-order valence-corrected chi connectivity index (χ2v) is 16.7. The largest absolute Gasteiger partial charge is 0.302 e. The molecule has 0 saturated carbocycles. The Kier molecular flexibility index (Phi) is 11.7. The number of carbonyl (C=O) groups is 4. The minimum atomic E-state index is -0.280. The molecule has 4 amide bonds. The number of imide groups is 2. The summed E-state index contributed by atoms with van der Waals surface area (Å²) in [5.74, 6) is -1.10. The molecule has 0 atom stereocenters. The number of rotatable bonds is 18. The number of fused-ring (bicyclic) bond motifs is 2. The van der Waals surface area contributed by atoms with Crippen molar-refractivity contribution in [3.05, 3.63) is 67.6 Å². The number of halogens is 2. The molecule has 2 aliphatic rings. The summed E-state index contributed by atoms with van der Waals surface area (Å²) in [5, 5.41) is 6.41. The summed E-state index contributed by atoms with van der Waals surface area (Å²) in [6, 6.07) is 11.3. The van der Waals surface area contributed by atoms with Gasteiger partial charge in [-0.1, -0.05) is 97.4 Å². The van der Waals surface area contributed by atoms with E-state index in [-0.39, 0.29) is 23.6 Å². The summed E-state index contributed by atoms with van der Waals surface area (Å²) >= 11 is 7.70. The molecule has 7 rings (SSSR count). The van der Waals surface area contributed by atoms with Gasteiger partial charge in [0.2, 0.25) is 0 Å². The molecule has 284 valence electrons. The van der Waals surface area contributed by atoms with Gasteiger partial charge in [0.15, 0.2) is 0 Å². The van der Waals surface area contributed by atoms with Gasteiger partial charge in [-0.2, -0.15) is 0 Å². The molecular formula is C44H50Br2N4O4. The average Bonchev–Trinajstić information content (AvgIpc) is 3.17. The molecule has 2 aliphatic heterocycles. The standard InChI is InChI=1S/C44H50Br2N4O4/c1-5-9-17-47(18-10-6-2)21-23-49-41(51)29-15-13-27-38-34(46)26-32-36-30(42(52)50(44(32)54)24-22-48(19-11-7-3)20-12-8-4)16-14-28(40(36)38)37-33(45)25-31(43(49)53)35(29)39(27)37/h13-16,25-26H,5-12,17-24H2,1-4H3. The predicted molar refractivity (Wildman–Crippen MR) is 226 cm³/mol. The fourth-order valence-electron chi connectivity index (χ4n) is 8.56. The minimum absolute atomic E-state index is 0.271. The zero-order chi connectivity index (χ0) is 38.3. The molecule has 8 nitrogen and oxygen atoms in total. The van der Waals surface area contributed by atoms with Gasteiger partial charge in [-0.3, -0.25) is 29.0 Å². The summed E-state index contributed by atoms with van der Waals surface area (Å²) in [5.41, 5.74) is 2.04. The van der Waals surface area contributed by atoms with Gasteiger partial charge < -0.3 is 9.80 Å². The Balaban J connectivity index is 1.31. The Hall–Kier alpha value is -3.44. The third-order valence-corrected chi connectivity index (χ3v) is 12.8. The second-order valence-electron chi connectivity index (χ2n) is 15.0. The van der Waals surface area contributed by atoms with Crippen LogP contribution in [0, 0.1) is 0 Å². The van der Waals surface area contributed by atoms with Crippen molar-refractivity contribution in [3.63, 3.8) is 0 Å². The lowest BCUT2D eigenvalue weighted by Crippen LogP contribution is -2.45. The van der Waals surface area contributed by atoms with Crippen molar-refractivity contribution in [1.29, 1.82) is 0 Å². The van der Waals surface area contributed by atoms with Gasteiger partial charge in [0.1, 0.15) is 0 Å². The van der Waals surface area contributed by atoms with Crippen molar-refractivity contribution < 1.29 is 19.2 Å². The number of unbranched alkanes of at least 4 members (excludes halogenated alkanes) is 4. The van der Waals surface area contributed by atoms with Gasteiger partial charge in [0.25, 0.3) is 23.6 Å². The van der Waals surface area contributed by atoms with E-state index in [1.54, 1.807) is 0 Å². The molecule has 5 aromatic rings. The van der Waals surface area contributed by atoms with Gasteiger partial charge in [-0.15, -0.1) is 0 Å². The van der Waals surface area contributed by atoms with E-state index >= 15 is 0 Å². The van der Waals surface area contributed by atoms with E-state index < -0.39 is 0 Å². The average molecular weight is 859 g/mol. The number of hydrogen-bond acceptors (Lipinski definition) is 6. The maximum Gasteiger partial charge on any atom is 0.261 e. The van der Waals surface area contributed by atoms with Crippen molar-refractivity contribution in [2.24, 2.45) is 0 Å². The SMILES string of the molecule is CCCCN(CCCC)CCN1C(=O)c2ccc3c4c(Br)cc5c6c(ccc(c7c(Br)cc(c2c37)C1=O)c64)C(=O)N(CCN(CCCC)CCCC)C5=O. The first kappa shape index (κ1) is 38.8. The molecule has 0 bridgehead atoms. The summed E-state index contributed by atoms with van der Waals surface area (Å²) in [6.45, 7) is 14.5. The number of hydrogen-bond donors (Lipinski definition) is 0. The first-order chi connectivity index (χ1) is 26.2. The van der Waals surface area contributed by atoms with Crippen LogP contribution in [0.5, 0.6) is 0 Å². The predicted octanol–water partition coefficient (Wildman–Crippen LogP) is 10.3. The number of carbonyl (C=O) groups excluding carboxylic acids is 4. The smallest absolute Gasteiger partial charge is 0.261 e. The number of benzene rings is 5. The normalized spacial score (nSPS) is 14.6. The highest BCUT2D eigenvalue weighted by Gasteiger charge is 2.38. The Morgan fingerprint density at radius 2 is 0.778 bits per heavy atom. The highest BCUT2D eigenvalue weighted by molar-refractivity contribution is 9.11. The maximum atomic E-state index is 14.3. The van der Waals surface area contributed by atoms with Crippen molar-refractivity contribution in [1.82, 2.24) is 19.6 Å². The highest BCUT2D eigenvalue weighted by Crippen LogP contribution is 2.50. The van der Waals surface area contributed by atoms with E-state index in [9.17, 15) is 19.2 Å². The molecule has 0 radical (unpaired) electrons. The van der Waals surface area contributed by atoms with Crippen LogP contribution in [0.25, 0.3) is 43.1 Å². The van der Waals surface area contributed by atoms with Crippen LogP contribution in [0.3, 0.4) is 0 Å². The summed E-state index contributed by atoms with van der Waals surface area (Å²) in [7, 11) is 0. The summed E-state index contributed by atoms with van der Waals surface area (Å²) in [4.78, 5) is 64.5. The van der Waals surface area contributed by atoms with E-state index in [1.165, 1.54) is 9.80 Å². The molecule has 10 heteroatoms. The second kappa shape index (κ2) is 16.3. The number of nitrogens with zero attached hydrogens (tertiary/aromatic N) is 4. The van der Waals surface area contributed by atoms with E-state index in [4.69, 9.17) is 0 Å². The molecular weight excluding hydrogens is 808 g/mol. The van der Waals surface area contributed by atoms with Gasteiger partial charge in [-0.25, -0.2) is 0 Å². The van der Waals surface area contributed by atoms with E-state index in [2.05, 4.69) is 69.4 Å². The van der Waals surface area contributed by atoms with Crippen LogP contribution in [0.1, 0.15) is 120 Å². The molecule has 0 N–H and O–H groups in total. The Morgan fingerprint density at radius 3 is 1.11 bits per heavy atom. The van der Waals surface area contributed by atoms with Gasteiger partial charge in [0, 0.05) is 89.7 Å². The molecule has 54 heavy (non-hydrogen) atoms. The summed E-state index contributed by atoms with van der Waals surface area (Å²) in [6.07, 6.45) is 8.69. The molecule has 0 fully saturated rings. The third-order valence-electron chi connectivity index (χ3n) is 11.5. The first-order valence-electron chi connectivity index (χ1n) is 19.9. The van der Waals surface area contributed by atoms with E-state index in [0.717, 1.165) is 119 Å². The first-order valence-corrected chi connectivity index (χ1v) is 21.5. The monoisotopic (exact) mass is 856 g/mol. The lowest BCUT2D eigenvalue weighted by molar-refractivity contribution is 0.0576. The molecule has 2 heterocycles. The summed E-state index contributed by atoms with van der Waals surface area (Å²) < 4.78 is 1.46. The van der Waals surface area contributed by atoms with Crippen molar-refractivity contribution in [2.45, 2.75) is 79.1 Å². The molecule has 0 aliphatic carbocycles. The Labute approximate surface area is 334 Å². The lowest BCUT2D eigenvalue weighted by atomic mass is 9.82. The molecule has 5 aromatic carbocycles. The quantitative estimate of drug-likeness (QED) is 0.0496. The third kappa shape index (κ3) is 6.65. The van der Waals surface area contributed by atoms with Crippen molar-refractivity contribution >= 4 is 98.6 Å².